The van der Waals surface area contributed by atoms with Gasteiger partial charge in [0, 0.05) is 24.7 Å². The molecule has 2 aliphatic rings. The Morgan fingerprint density at radius 3 is 2.60 bits per heavy atom. The van der Waals surface area contributed by atoms with Gasteiger partial charge in [-0.25, -0.2) is 4.98 Å². The zero-order chi connectivity index (χ0) is 17.2. The van der Waals surface area contributed by atoms with Gasteiger partial charge in [0.25, 0.3) is 0 Å². The van der Waals surface area contributed by atoms with Crippen molar-refractivity contribution in [2.75, 3.05) is 27.3 Å². The molecular formula is C20H27N3O2. The fourth-order valence-electron chi connectivity index (χ4n) is 4.30. The summed E-state index contributed by atoms with van der Waals surface area (Å²) in [6, 6.07) is 6.02. The number of methoxy groups -OCH3 is 2. The number of benzene rings is 1. The van der Waals surface area contributed by atoms with Crippen molar-refractivity contribution in [3.05, 3.63) is 30.2 Å². The zero-order valence-corrected chi connectivity index (χ0v) is 15.1. The molecule has 2 aromatic rings. The second-order valence-corrected chi connectivity index (χ2v) is 7.15. The Kier molecular flexibility index (Phi) is 4.66. The van der Waals surface area contributed by atoms with Gasteiger partial charge >= 0.3 is 0 Å². The summed E-state index contributed by atoms with van der Waals surface area (Å²) in [4.78, 5) is 4.95. The minimum atomic E-state index is 0.749. The van der Waals surface area contributed by atoms with Crippen LogP contribution < -0.4 is 14.8 Å². The Labute approximate surface area is 149 Å². The average molecular weight is 341 g/mol. The van der Waals surface area contributed by atoms with E-state index < -0.39 is 0 Å². The van der Waals surface area contributed by atoms with Crippen molar-refractivity contribution in [3.8, 4) is 22.8 Å². The van der Waals surface area contributed by atoms with Crippen molar-refractivity contribution in [1.82, 2.24) is 14.9 Å². The number of aryl methyl sites for hydroxylation is 1. The first-order valence-electron chi connectivity index (χ1n) is 9.27. The number of hydrogen-bond donors (Lipinski definition) is 1. The largest absolute Gasteiger partial charge is 0.493 e. The summed E-state index contributed by atoms with van der Waals surface area (Å²) in [7, 11) is 3.33. The fourth-order valence-corrected chi connectivity index (χ4v) is 4.30. The molecule has 0 spiro atoms. The molecule has 1 aromatic carbocycles. The normalized spacial score (nSPS) is 21.0. The molecule has 1 saturated heterocycles. The highest BCUT2D eigenvalue weighted by atomic mass is 16.5. The van der Waals surface area contributed by atoms with Crippen molar-refractivity contribution >= 4 is 0 Å². The van der Waals surface area contributed by atoms with Crippen LogP contribution in [0.3, 0.4) is 0 Å². The van der Waals surface area contributed by atoms with Crippen molar-refractivity contribution in [3.63, 3.8) is 0 Å². The minimum Gasteiger partial charge on any atom is -0.493 e. The van der Waals surface area contributed by atoms with Gasteiger partial charge in [-0.1, -0.05) is 0 Å². The lowest BCUT2D eigenvalue weighted by Crippen LogP contribution is -2.34. The standard InChI is InChI=1S/C20H27N3O2/c1-24-18-4-3-16(11-19(18)25-2)17-13-23-10-7-15(12-20(23)22-17)14-5-8-21-9-6-14/h3-4,11,13-15,21H,5-10,12H2,1-2H3. The van der Waals surface area contributed by atoms with Gasteiger partial charge in [-0.2, -0.15) is 0 Å². The van der Waals surface area contributed by atoms with Crippen LogP contribution in [0.2, 0.25) is 0 Å². The Morgan fingerprint density at radius 1 is 1.04 bits per heavy atom. The van der Waals surface area contributed by atoms with Crippen LogP contribution in [-0.4, -0.2) is 36.9 Å². The van der Waals surface area contributed by atoms with Gasteiger partial charge in [-0.3, -0.25) is 0 Å². The fraction of sp³-hybridized carbons (Fsp3) is 0.550. The van der Waals surface area contributed by atoms with Gasteiger partial charge in [0.15, 0.2) is 11.5 Å². The number of hydrogen-bond acceptors (Lipinski definition) is 4. The molecule has 134 valence electrons. The van der Waals surface area contributed by atoms with Gasteiger partial charge < -0.3 is 19.4 Å². The highest BCUT2D eigenvalue weighted by Gasteiger charge is 2.28. The first-order chi connectivity index (χ1) is 12.3. The quantitative estimate of drug-likeness (QED) is 0.928. The molecule has 5 heteroatoms. The van der Waals surface area contributed by atoms with E-state index in [9.17, 15) is 0 Å². The molecular weight excluding hydrogens is 314 g/mol. The van der Waals surface area contributed by atoms with E-state index in [1.165, 1.54) is 38.2 Å². The molecule has 1 unspecified atom stereocenters. The molecule has 0 radical (unpaired) electrons. The average Bonchev–Trinajstić information content (AvgIpc) is 3.11. The summed E-state index contributed by atoms with van der Waals surface area (Å²) in [6.45, 7) is 3.43. The second kappa shape index (κ2) is 7.08. The van der Waals surface area contributed by atoms with Gasteiger partial charge in [0.2, 0.25) is 0 Å². The molecule has 0 aliphatic carbocycles. The van der Waals surface area contributed by atoms with E-state index in [1.807, 2.05) is 12.1 Å². The summed E-state index contributed by atoms with van der Waals surface area (Å²) < 4.78 is 13.1. The number of fused-ring (bicyclic) bond motifs is 1. The van der Waals surface area contributed by atoms with E-state index >= 15 is 0 Å². The second-order valence-electron chi connectivity index (χ2n) is 7.15. The summed E-state index contributed by atoms with van der Waals surface area (Å²) in [6.07, 6.45) is 7.20. The van der Waals surface area contributed by atoms with Gasteiger partial charge in [-0.15, -0.1) is 0 Å². The van der Waals surface area contributed by atoms with Gasteiger partial charge in [-0.05, 0) is 62.4 Å². The maximum absolute atomic E-state index is 5.43. The van der Waals surface area contributed by atoms with Gasteiger partial charge in [0.1, 0.15) is 5.82 Å². The molecule has 4 rings (SSSR count). The van der Waals surface area contributed by atoms with Crippen LogP contribution in [0.25, 0.3) is 11.3 Å². The molecule has 1 fully saturated rings. The Bertz CT molecular complexity index is 735. The van der Waals surface area contributed by atoms with Crippen LogP contribution >= 0.6 is 0 Å². The molecule has 0 amide bonds. The summed E-state index contributed by atoms with van der Waals surface area (Å²) in [5, 5.41) is 3.48. The van der Waals surface area contributed by atoms with Crippen LogP contribution in [0.15, 0.2) is 24.4 Å². The molecule has 0 bridgehead atoms. The minimum absolute atomic E-state index is 0.749. The number of aromatic nitrogens is 2. The number of nitrogens with one attached hydrogen (secondary N) is 1. The highest BCUT2D eigenvalue weighted by molar-refractivity contribution is 5.63. The van der Waals surface area contributed by atoms with E-state index in [-0.39, 0.29) is 0 Å². The Hall–Kier alpha value is -2.01. The molecule has 0 saturated carbocycles. The number of nitrogens with zero attached hydrogens (tertiary/aromatic N) is 2. The zero-order valence-electron chi connectivity index (χ0n) is 15.1. The van der Waals surface area contributed by atoms with Crippen molar-refractivity contribution < 1.29 is 9.47 Å². The Balaban J connectivity index is 1.56. The number of ether oxygens (including phenoxy) is 2. The number of rotatable bonds is 4. The summed E-state index contributed by atoms with van der Waals surface area (Å²) in [5.74, 6) is 4.38. The van der Waals surface area contributed by atoms with Crippen LogP contribution in [0.1, 0.15) is 25.1 Å². The van der Waals surface area contributed by atoms with Crippen LogP contribution in [0, 0.1) is 11.8 Å². The van der Waals surface area contributed by atoms with Crippen LogP contribution in [-0.2, 0) is 13.0 Å². The lowest BCUT2D eigenvalue weighted by Gasteiger charge is -2.33. The first kappa shape index (κ1) is 16.5. The van der Waals surface area contributed by atoms with Crippen LogP contribution in [0.4, 0.5) is 0 Å². The molecule has 25 heavy (non-hydrogen) atoms. The molecule has 3 heterocycles. The van der Waals surface area contributed by atoms with Gasteiger partial charge in [0.05, 0.1) is 19.9 Å². The molecule has 2 aliphatic heterocycles. The van der Waals surface area contributed by atoms with Crippen LogP contribution in [0.5, 0.6) is 11.5 Å². The number of piperidine rings is 1. The van der Waals surface area contributed by atoms with E-state index in [4.69, 9.17) is 14.5 Å². The first-order valence-corrected chi connectivity index (χ1v) is 9.27. The maximum atomic E-state index is 5.43. The van der Waals surface area contributed by atoms with Crippen molar-refractivity contribution in [1.29, 1.82) is 0 Å². The monoisotopic (exact) mass is 341 g/mol. The third kappa shape index (κ3) is 3.25. The van der Waals surface area contributed by atoms with E-state index in [0.29, 0.717) is 0 Å². The molecule has 1 aromatic heterocycles. The van der Waals surface area contributed by atoms with E-state index in [0.717, 1.165) is 47.6 Å². The summed E-state index contributed by atoms with van der Waals surface area (Å²) in [5.41, 5.74) is 2.11. The predicted molar refractivity (Wildman–Crippen MR) is 98.2 cm³/mol. The molecule has 1 N–H and O–H groups in total. The van der Waals surface area contributed by atoms with Crippen molar-refractivity contribution in [2.24, 2.45) is 11.8 Å². The lowest BCUT2D eigenvalue weighted by atomic mass is 9.79. The Morgan fingerprint density at radius 2 is 1.84 bits per heavy atom. The predicted octanol–water partition coefficient (Wildman–Crippen LogP) is 3.13. The number of imidazole rings is 1. The SMILES string of the molecule is COc1ccc(-c2cn3c(n2)CC(C2CCNCC2)CC3)cc1OC. The molecule has 1 atom stereocenters. The van der Waals surface area contributed by atoms with Crippen molar-refractivity contribution in [2.45, 2.75) is 32.2 Å². The maximum Gasteiger partial charge on any atom is 0.161 e. The summed E-state index contributed by atoms with van der Waals surface area (Å²) >= 11 is 0. The topological polar surface area (TPSA) is 48.3 Å². The lowest BCUT2D eigenvalue weighted by molar-refractivity contribution is 0.216. The highest BCUT2D eigenvalue weighted by Crippen LogP contribution is 2.35. The van der Waals surface area contributed by atoms with E-state index in [1.54, 1.807) is 14.2 Å². The third-order valence-electron chi connectivity index (χ3n) is 5.77. The van der Waals surface area contributed by atoms with E-state index in [2.05, 4.69) is 22.1 Å². The smallest absolute Gasteiger partial charge is 0.161 e. The third-order valence-corrected chi connectivity index (χ3v) is 5.77. The molecule has 5 nitrogen and oxygen atoms in total.